The van der Waals surface area contributed by atoms with Gasteiger partial charge in [0, 0.05) is 18.6 Å². The van der Waals surface area contributed by atoms with Gasteiger partial charge in [-0.25, -0.2) is 0 Å². The van der Waals surface area contributed by atoms with Crippen molar-refractivity contribution in [2.45, 2.75) is 85.4 Å². The van der Waals surface area contributed by atoms with E-state index in [4.69, 9.17) is 4.74 Å². The SMILES string of the molecule is CCCCN(CC(C)(NC(C)C)C(=O)OCC)C(C)CC. The molecule has 0 aliphatic heterocycles. The van der Waals surface area contributed by atoms with Crippen molar-refractivity contribution >= 4 is 5.97 Å². The van der Waals surface area contributed by atoms with E-state index in [9.17, 15) is 4.79 Å². The summed E-state index contributed by atoms with van der Waals surface area (Å²) in [6, 6.07) is 0.712. The molecule has 0 fully saturated rings. The summed E-state index contributed by atoms with van der Waals surface area (Å²) in [5.74, 6) is -0.150. The molecule has 4 heteroatoms. The Labute approximate surface area is 131 Å². The van der Waals surface area contributed by atoms with Gasteiger partial charge in [-0.15, -0.1) is 0 Å². The zero-order chi connectivity index (χ0) is 16.5. The van der Waals surface area contributed by atoms with Gasteiger partial charge in [0.05, 0.1) is 6.61 Å². The summed E-state index contributed by atoms with van der Waals surface area (Å²) < 4.78 is 5.30. The molecule has 126 valence electrons. The van der Waals surface area contributed by atoms with Crippen LogP contribution in [0.5, 0.6) is 0 Å². The quantitative estimate of drug-likeness (QED) is 0.595. The fourth-order valence-electron chi connectivity index (χ4n) is 2.58. The maximum Gasteiger partial charge on any atom is 0.327 e. The van der Waals surface area contributed by atoms with E-state index >= 15 is 0 Å². The van der Waals surface area contributed by atoms with Crippen LogP contribution in [0, 0.1) is 0 Å². The number of hydrogen-bond acceptors (Lipinski definition) is 4. The van der Waals surface area contributed by atoms with Gasteiger partial charge in [-0.1, -0.05) is 20.3 Å². The summed E-state index contributed by atoms with van der Waals surface area (Å²) in [5, 5.41) is 3.41. The normalized spacial score (nSPS) is 16.0. The summed E-state index contributed by atoms with van der Waals surface area (Å²) in [6.07, 6.45) is 3.41. The van der Waals surface area contributed by atoms with E-state index in [0.717, 1.165) is 19.4 Å². The highest BCUT2D eigenvalue weighted by atomic mass is 16.5. The molecule has 0 saturated heterocycles. The van der Waals surface area contributed by atoms with Gasteiger partial charge in [0.1, 0.15) is 5.54 Å². The van der Waals surface area contributed by atoms with Crippen molar-refractivity contribution in [3.05, 3.63) is 0 Å². The molecule has 0 radical (unpaired) electrons. The molecule has 21 heavy (non-hydrogen) atoms. The van der Waals surface area contributed by atoms with Gasteiger partial charge in [-0.05, 0) is 54.0 Å². The number of carbonyl (C=O) groups excluding carboxylic acids is 1. The van der Waals surface area contributed by atoms with Gasteiger partial charge in [-0.2, -0.15) is 0 Å². The van der Waals surface area contributed by atoms with Gasteiger partial charge in [0.25, 0.3) is 0 Å². The van der Waals surface area contributed by atoms with Crippen molar-refractivity contribution in [2.24, 2.45) is 0 Å². The van der Waals surface area contributed by atoms with Gasteiger partial charge in [0.15, 0.2) is 0 Å². The standard InChI is InChI=1S/C17H36N2O2/c1-8-11-12-19(15(6)9-2)13-17(7,18-14(4)5)16(20)21-10-3/h14-15,18H,8-13H2,1-7H3. The molecule has 0 saturated carbocycles. The maximum absolute atomic E-state index is 12.4. The Morgan fingerprint density at radius 2 is 1.86 bits per heavy atom. The number of ether oxygens (including phenoxy) is 1. The summed E-state index contributed by atoms with van der Waals surface area (Å²) in [7, 11) is 0. The Morgan fingerprint density at radius 1 is 1.24 bits per heavy atom. The summed E-state index contributed by atoms with van der Waals surface area (Å²) >= 11 is 0. The van der Waals surface area contributed by atoms with Gasteiger partial charge >= 0.3 is 5.97 Å². The molecule has 0 amide bonds. The number of hydrogen-bond donors (Lipinski definition) is 1. The predicted octanol–water partition coefficient (Wildman–Crippen LogP) is 3.21. The van der Waals surface area contributed by atoms with E-state index in [1.54, 1.807) is 0 Å². The highest BCUT2D eigenvalue weighted by Crippen LogP contribution is 2.16. The average Bonchev–Trinajstić information content (AvgIpc) is 2.42. The first-order valence-corrected chi connectivity index (χ1v) is 8.49. The van der Waals surface area contributed by atoms with Crippen LogP contribution in [0.25, 0.3) is 0 Å². The molecule has 0 aromatic rings. The number of nitrogens with zero attached hydrogens (tertiary/aromatic N) is 1. The van der Waals surface area contributed by atoms with Crippen molar-refractivity contribution in [1.29, 1.82) is 0 Å². The molecule has 4 nitrogen and oxygen atoms in total. The highest BCUT2D eigenvalue weighted by molar-refractivity contribution is 5.80. The molecule has 2 unspecified atom stereocenters. The average molecular weight is 300 g/mol. The third-order valence-electron chi connectivity index (χ3n) is 3.87. The molecular formula is C17H36N2O2. The molecule has 1 N–H and O–H groups in total. The van der Waals surface area contributed by atoms with Crippen molar-refractivity contribution in [3.63, 3.8) is 0 Å². The smallest absolute Gasteiger partial charge is 0.327 e. The van der Waals surface area contributed by atoms with Gasteiger partial charge < -0.3 is 4.74 Å². The van der Waals surface area contributed by atoms with E-state index < -0.39 is 5.54 Å². The third kappa shape index (κ3) is 7.28. The van der Waals surface area contributed by atoms with Crippen LogP contribution in [-0.4, -0.2) is 48.2 Å². The Bertz CT molecular complexity index is 295. The first kappa shape index (κ1) is 20.4. The largest absolute Gasteiger partial charge is 0.465 e. The Kier molecular flexibility index (Phi) is 9.88. The monoisotopic (exact) mass is 300 g/mol. The van der Waals surface area contributed by atoms with E-state index in [1.807, 2.05) is 13.8 Å². The Balaban J connectivity index is 5.06. The lowest BCUT2D eigenvalue weighted by Gasteiger charge is -2.38. The molecule has 0 bridgehead atoms. The Morgan fingerprint density at radius 3 is 2.29 bits per heavy atom. The molecule has 0 aliphatic carbocycles. The topological polar surface area (TPSA) is 41.6 Å². The van der Waals surface area contributed by atoms with E-state index in [1.165, 1.54) is 6.42 Å². The van der Waals surface area contributed by atoms with Crippen molar-refractivity contribution in [1.82, 2.24) is 10.2 Å². The lowest BCUT2D eigenvalue weighted by Crippen LogP contribution is -2.60. The minimum atomic E-state index is -0.651. The predicted molar refractivity (Wildman–Crippen MR) is 89.5 cm³/mol. The molecule has 0 aromatic carbocycles. The fraction of sp³-hybridized carbons (Fsp3) is 0.941. The highest BCUT2D eigenvalue weighted by Gasteiger charge is 2.37. The maximum atomic E-state index is 12.4. The number of nitrogens with one attached hydrogen (secondary N) is 1. The summed E-state index contributed by atoms with van der Waals surface area (Å²) in [6.45, 7) is 16.7. The second kappa shape index (κ2) is 10.2. The molecule has 0 aliphatic rings. The zero-order valence-corrected chi connectivity index (χ0v) is 15.2. The number of unbranched alkanes of at least 4 members (excludes halogenated alkanes) is 1. The number of rotatable bonds is 11. The molecular weight excluding hydrogens is 264 g/mol. The minimum Gasteiger partial charge on any atom is -0.465 e. The van der Waals surface area contributed by atoms with Crippen LogP contribution in [0.3, 0.4) is 0 Å². The van der Waals surface area contributed by atoms with E-state index in [-0.39, 0.29) is 12.0 Å². The van der Waals surface area contributed by atoms with Gasteiger partial charge in [-0.3, -0.25) is 15.0 Å². The van der Waals surface area contributed by atoms with Crippen molar-refractivity contribution in [3.8, 4) is 0 Å². The zero-order valence-electron chi connectivity index (χ0n) is 15.2. The lowest BCUT2D eigenvalue weighted by atomic mass is 9.98. The first-order valence-electron chi connectivity index (χ1n) is 8.49. The fourth-order valence-corrected chi connectivity index (χ4v) is 2.58. The second-order valence-electron chi connectivity index (χ2n) is 6.43. The van der Waals surface area contributed by atoms with Crippen LogP contribution in [-0.2, 0) is 9.53 Å². The molecule has 2 atom stereocenters. The number of esters is 1. The van der Waals surface area contributed by atoms with E-state index in [2.05, 4.69) is 44.8 Å². The summed E-state index contributed by atoms with van der Waals surface area (Å²) in [4.78, 5) is 14.8. The lowest BCUT2D eigenvalue weighted by molar-refractivity contribution is -0.152. The van der Waals surface area contributed by atoms with Crippen LogP contribution in [0.15, 0.2) is 0 Å². The van der Waals surface area contributed by atoms with Crippen LogP contribution < -0.4 is 5.32 Å². The van der Waals surface area contributed by atoms with Crippen LogP contribution in [0.2, 0.25) is 0 Å². The van der Waals surface area contributed by atoms with E-state index in [0.29, 0.717) is 19.2 Å². The molecule has 0 spiro atoms. The van der Waals surface area contributed by atoms with Gasteiger partial charge in [0.2, 0.25) is 0 Å². The van der Waals surface area contributed by atoms with Crippen LogP contribution in [0.4, 0.5) is 0 Å². The van der Waals surface area contributed by atoms with Crippen molar-refractivity contribution < 1.29 is 9.53 Å². The van der Waals surface area contributed by atoms with Crippen LogP contribution >= 0.6 is 0 Å². The second-order valence-corrected chi connectivity index (χ2v) is 6.43. The number of carbonyl (C=O) groups is 1. The third-order valence-corrected chi connectivity index (χ3v) is 3.87. The Hall–Kier alpha value is -0.610. The van der Waals surface area contributed by atoms with Crippen LogP contribution in [0.1, 0.15) is 67.7 Å². The first-order chi connectivity index (χ1) is 9.80. The molecule has 0 heterocycles. The summed E-state index contributed by atoms with van der Waals surface area (Å²) in [5.41, 5.74) is -0.651. The molecule has 0 rings (SSSR count). The minimum absolute atomic E-state index is 0.150. The van der Waals surface area contributed by atoms with Crippen molar-refractivity contribution in [2.75, 3.05) is 19.7 Å². The molecule has 0 aromatic heterocycles.